The summed E-state index contributed by atoms with van der Waals surface area (Å²) in [7, 11) is 3.54. The molecular weight excluding hydrogens is 354 g/mol. The number of likely N-dealkylation sites (N-methyl/N-ethyl adjacent to an activating group) is 1. The van der Waals surface area contributed by atoms with Crippen molar-refractivity contribution in [2.75, 3.05) is 66.6 Å². The fourth-order valence-corrected chi connectivity index (χ4v) is 3.85. The van der Waals surface area contributed by atoms with Crippen molar-refractivity contribution < 1.29 is 9.53 Å². The highest BCUT2D eigenvalue weighted by atomic mass is 16.5. The van der Waals surface area contributed by atoms with Crippen molar-refractivity contribution in [3.05, 3.63) is 0 Å². The lowest BCUT2D eigenvalue weighted by Crippen LogP contribution is -2.44. The number of nitrogens with one attached hydrogen (secondary N) is 2. The van der Waals surface area contributed by atoms with Crippen LogP contribution in [-0.2, 0) is 9.53 Å². The first-order chi connectivity index (χ1) is 13.5. The highest BCUT2D eigenvalue weighted by molar-refractivity contribution is 5.84. The topological polar surface area (TPSA) is 69.2 Å². The minimum atomic E-state index is 0.0232. The van der Waals surface area contributed by atoms with E-state index in [-0.39, 0.29) is 12.5 Å². The predicted molar refractivity (Wildman–Crippen MR) is 115 cm³/mol. The molecule has 0 atom stereocenters. The normalized spacial score (nSPS) is 21.0. The number of rotatable bonds is 8. The van der Waals surface area contributed by atoms with E-state index in [0.717, 1.165) is 58.3 Å². The van der Waals surface area contributed by atoms with Crippen LogP contribution in [0.2, 0.25) is 0 Å². The highest BCUT2D eigenvalue weighted by Crippen LogP contribution is 2.33. The van der Waals surface area contributed by atoms with Gasteiger partial charge in [0.1, 0.15) is 6.54 Å². The van der Waals surface area contributed by atoms with Crippen LogP contribution in [0.1, 0.15) is 51.9 Å². The molecule has 1 saturated heterocycles. The Hall–Kier alpha value is -1.34. The summed E-state index contributed by atoms with van der Waals surface area (Å²) >= 11 is 0. The molecule has 0 aromatic carbocycles. The van der Waals surface area contributed by atoms with E-state index in [0.29, 0.717) is 5.41 Å². The zero-order chi connectivity index (χ0) is 20.2. The second-order valence-electron chi connectivity index (χ2n) is 8.77. The molecule has 7 heteroatoms. The number of carbonyl (C=O) groups is 1. The average molecular weight is 396 g/mol. The van der Waals surface area contributed by atoms with E-state index in [1.807, 2.05) is 0 Å². The Morgan fingerprint density at radius 3 is 2.43 bits per heavy atom. The molecule has 162 valence electrons. The van der Waals surface area contributed by atoms with Crippen molar-refractivity contribution in [3.63, 3.8) is 0 Å². The van der Waals surface area contributed by atoms with Gasteiger partial charge < -0.3 is 20.3 Å². The predicted octanol–water partition coefficient (Wildman–Crippen LogP) is 1.69. The van der Waals surface area contributed by atoms with Gasteiger partial charge in [-0.2, -0.15) is 0 Å². The van der Waals surface area contributed by atoms with Gasteiger partial charge in [-0.3, -0.25) is 9.69 Å². The van der Waals surface area contributed by atoms with E-state index < -0.39 is 0 Å². The summed E-state index contributed by atoms with van der Waals surface area (Å²) in [6, 6.07) is 0. The van der Waals surface area contributed by atoms with E-state index in [9.17, 15) is 4.79 Å². The van der Waals surface area contributed by atoms with Crippen molar-refractivity contribution >= 4 is 11.9 Å². The molecule has 0 unspecified atom stereocenters. The lowest BCUT2D eigenvalue weighted by atomic mass is 9.82. The standard InChI is InChI=1S/C21H41N5O2/c1-21(9-6-4-5-7-10-21)18-24-20(23-17-19(27)25(2)3)22-11-8-12-26-13-15-28-16-14-26/h4-18H2,1-3H3,(H2,22,23,24). The summed E-state index contributed by atoms with van der Waals surface area (Å²) in [5.41, 5.74) is 0.318. The van der Waals surface area contributed by atoms with E-state index in [1.165, 1.54) is 38.5 Å². The number of morpholine rings is 1. The van der Waals surface area contributed by atoms with Crippen LogP contribution in [0.4, 0.5) is 0 Å². The molecule has 2 rings (SSSR count). The summed E-state index contributed by atoms with van der Waals surface area (Å²) in [5, 5.41) is 6.96. The Balaban J connectivity index is 1.81. The summed E-state index contributed by atoms with van der Waals surface area (Å²) < 4.78 is 5.40. The molecule has 1 amide bonds. The lowest BCUT2D eigenvalue weighted by molar-refractivity contribution is -0.127. The van der Waals surface area contributed by atoms with E-state index in [4.69, 9.17) is 4.74 Å². The summed E-state index contributed by atoms with van der Waals surface area (Å²) in [5.74, 6) is 0.790. The Morgan fingerprint density at radius 2 is 1.79 bits per heavy atom. The Labute approximate surface area is 171 Å². The van der Waals surface area contributed by atoms with Crippen molar-refractivity contribution in [1.82, 2.24) is 20.4 Å². The van der Waals surface area contributed by atoms with Crippen molar-refractivity contribution in [2.45, 2.75) is 51.9 Å². The summed E-state index contributed by atoms with van der Waals surface area (Å²) in [4.78, 5) is 20.5. The van der Waals surface area contributed by atoms with E-state index >= 15 is 0 Å². The molecule has 0 bridgehead atoms. The van der Waals surface area contributed by atoms with Crippen LogP contribution in [0.25, 0.3) is 0 Å². The third-order valence-corrected chi connectivity index (χ3v) is 5.91. The second kappa shape index (κ2) is 12.3. The molecule has 1 aliphatic carbocycles. The highest BCUT2D eigenvalue weighted by Gasteiger charge is 2.25. The molecule has 2 N–H and O–H groups in total. The zero-order valence-electron chi connectivity index (χ0n) is 18.3. The first-order valence-corrected chi connectivity index (χ1v) is 11.0. The van der Waals surface area contributed by atoms with Crippen LogP contribution >= 0.6 is 0 Å². The molecule has 0 aromatic rings. The minimum Gasteiger partial charge on any atom is -0.379 e. The number of nitrogens with zero attached hydrogens (tertiary/aromatic N) is 3. The monoisotopic (exact) mass is 395 g/mol. The molecule has 1 heterocycles. The quantitative estimate of drug-likeness (QED) is 0.283. The van der Waals surface area contributed by atoms with Crippen LogP contribution in [0.15, 0.2) is 4.99 Å². The number of carbonyl (C=O) groups excluding carboxylic acids is 1. The van der Waals surface area contributed by atoms with Gasteiger partial charge in [0.2, 0.25) is 5.91 Å². The van der Waals surface area contributed by atoms with Gasteiger partial charge in [-0.1, -0.05) is 32.6 Å². The van der Waals surface area contributed by atoms with Gasteiger partial charge in [0.15, 0.2) is 5.96 Å². The summed E-state index contributed by atoms with van der Waals surface area (Å²) in [6.45, 7) is 9.13. The van der Waals surface area contributed by atoms with Crippen LogP contribution in [0.5, 0.6) is 0 Å². The van der Waals surface area contributed by atoms with Crippen LogP contribution < -0.4 is 10.6 Å². The van der Waals surface area contributed by atoms with Gasteiger partial charge in [-0.15, -0.1) is 0 Å². The molecular formula is C21H41N5O2. The zero-order valence-corrected chi connectivity index (χ0v) is 18.3. The maximum absolute atomic E-state index is 11.9. The fraction of sp³-hybridized carbons (Fsp3) is 0.905. The SMILES string of the molecule is CN(C)C(=O)CN=C(NCCCN1CCOCC1)NCC1(C)CCCCCC1. The number of ether oxygens (including phenoxy) is 1. The molecule has 2 aliphatic rings. The van der Waals surface area contributed by atoms with Gasteiger partial charge in [-0.05, 0) is 31.2 Å². The van der Waals surface area contributed by atoms with Crippen LogP contribution in [0.3, 0.4) is 0 Å². The lowest BCUT2D eigenvalue weighted by Gasteiger charge is -2.29. The molecule has 28 heavy (non-hydrogen) atoms. The van der Waals surface area contributed by atoms with Crippen molar-refractivity contribution in [1.29, 1.82) is 0 Å². The molecule has 0 aromatic heterocycles. The third-order valence-electron chi connectivity index (χ3n) is 5.91. The van der Waals surface area contributed by atoms with E-state index in [2.05, 4.69) is 27.4 Å². The number of hydrogen-bond donors (Lipinski definition) is 2. The summed E-state index contributed by atoms with van der Waals surface area (Å²) in [6.07, 6.45) is 8.93. The number of hydrogen-bond acceptors (Lipinski definition) is 4. The molecule has 1 saturated carbocycles. The first-order valence-electron chi connectivity index (χ1n) is 11.0. The maximum atomic E-state index is 11.9. The van der Waals surface area contributed by atoms with Gasteiger partial charge in [0, 0.05) is 40.3 Å². The number of amides is 1. The van der Waals surface area contributed by atoms with Gasteiger partial charge in [-0.25, -0.2) is 4.99 Å². The molecule has 7 nitrogen and oxygen atoms in total. The Morgan fingerprint density at radius 1 is 1.11 bits per heavy atom. The van der Waals surface area contributed by atoms with Crippen LogP contribution in [0, 0.1) is 5.41 Å². The molecule has 2 fully saturated rings. The fourth-order valence-electron chi connectivity index (χ4n) is 3.85. The van der Waals surface area contributed by atoms with Crippen molar-refractivity contribution in [2.24, 2.45) is 10.4 Å². The molecule has 1 aliphatic heterocycles. The third kappa shape index (κ3) is 8.78. The van der Waals surface area contributed by atoms with Gasteiger partial charge in [0.05, 0.1) is 13.2 Å². The molecule has 0 spiro atoms. The van der Waals surface area contributed by atoms with Gasteiger partial charge >= 0.3 is 0 Å². The second-order valence-corrected chi connectivity index (χ2v) is 8.77. The average Bonchev–Trinajstić information content (AvgIpc) is 2.92. The number of guanidine groups is 1. The van der Waals surface area contributed by atoms with Gasteiger partial charge in [0.25, 0.3) is 0 Å². The Kier molecular flexibility index (Phi) is 10.1. The largest absolute Gasteiger partial charge is 0.379 e. The Bertz CT molecular complexity index is 481. The van der Waals surface area contributed by atoms with Crippen molar-refractivity contribution in [3.8, 4) is 0 Å². The smallest absolute Gasteiger partial charge is 0.243 e. The van der Waals surface area contributed by atoms with Crippen LogP contribution in [-0.4, -0.2) is 88.2 Å². The number of aliphatic imine (C=N–C) groups is 1. The first kappa shape index (κ1) is 22.9. The maximum Gasteiger partial charge on any atom is 0.243 e. The van der Waals surface area contributed by atoms with E-state index in [1.54, 1.807) is 19.0 Å². The minimum absolute atomic E-state index is 0.0232. The molecule has 0 radical (unpaired) electrons.